The molecule has 0 saturated carbocycles. The largest absolute Gasteiger partial charge is 0.497 e. The summed E-state index contributed by atoms with van der Waals surface area (Å²) < 4.78 is 23.7. The predicted molar refractivity (Wildman–Crippen MR) is 156 cm³/mol. The molecule has 2 aromatic carbocycles. The van der Waals surface area contributed by atoms with Gasteiger partial charge in [-0.1, -0.05) is 11.3 Å². The van der Waals surface area contributed by atoms with Gasteiger partial charge in [-0.3, -0.25) is 19.5 Å². The monoisotopic (exact) mass is 594 g/mol. The lowest BCUT2D eigenvalue weighted by Gasteiger charge is -2.30. The first-order chi connectivity index (χ1) is 20.3. The van der Waals surface area contributed by atoms with Crippen LogP contribution in [-0.2, 0) is 14.3 Å². The summed E-state index contributed by atoms with van der Waals surface area (Å²) in [5.41, 5.74) is 1.89. The van der Waals surface area contributed by atoms with E-state index in [1.807, 2.05) is 0 Å². The Balaban J connectivity index is 1.76. The van der Waals surface area contributed by atoms with Gasteiger partial charge < -0.3 is 23.8 Å². The highest BCUT2D eigenvalue weighted by atomic mass is 32.1. The molecule has 1 saturated heterocycles. The standard InChI is InChI=1S/C29H30N4O8S/c1-5-41-28(35)25-17(2)30-29-32(26(25)21-16-20(38-3)7-9-23(21)39-4)27(34)24(42-29)15-18-14-19(33(36)37)6-8-22(18)31-10-12-40-13-11-31/h6-9,14-16,26H,5,10-13H2,1-4H3/b24-15-. The van der Waals surface area contributed by atoms with Gasteiger partial charge in [0, 0.05) is 42.0 Å². The number of rotatable bonds is 8. The second kappa shape index (κ2) is 12.2. The molecule has 0 aliphatic carbocycles. The molecule has 5 rings (SSSR count). The van der Waals surface area contributed by atoms with E-state index in [1.54, 1.807) is 44.2 Å². The number of fused-ring (bicyclic) bond motifs is 1. The number of nitro benzene ring substituents is 1. The Kier molecular flexibility index (Phi) is 8.41. The number of esters is 1. The number of hydrogen-bond donors (Lipinski definition) is 0. The summed E-state index contributed by atoms with van der Waals surface area (Å²) in [7, 11) is 3.03. The Hall–Kier alpha value is -4.49. The lowest BCUT2D eigenvalue weighted by Crippen LogP contribution is -2.40. The predicted octanol–water partition coefficient (Wildman–Crippen LogP) is 2.56. The number of nitro groups is 1. The summed E-state index contributed by atoms with van der Waals surface area (Å²) in [4.78, 5) is 45.7. The smallest absolute Gasteiger partial charge is 0.338 e. The Morgan fingerprint density at radius 3 is 2.62 bits per heavy atom. The maximum atomic E-state index is 14.2. The maximum Gasteiger partial charge on any atom is 0.338 e. The molecule has 2 aliphatic rings. The van der Waals surface area contributed by atoms with Crippen molar-refractivity contribution in [2.45, 2.75) is 19.9 Å². The summed E-state index contributed by atoms with van der Waals surface area (Å²) >= 11 is 1.14. The molecule has 0 radical (unpaired) electrons. The number of carbonyl (C=O) groups is 1. The summed E-state index contributed by atoms with van der Waals surface area (Å²) in [6.07, 6.45) is 1.64. The van der Waals surface area contributed by atoms with E-state index >= 15 is 0 Å². The second-order valence-electron chi connectivity index (χ2n) is 9.51. The molecule has 2 aliphatic heterocycles. The third-order valence-electron chi connectivity index (χ3n) is 7.11. The lowest BCUT2D eigenvalue weighted by molar-refractivity contribution is -0.384. The molecule has 0 spiro atoms. The van der Waals surface area contributed by atoms with E-state index in [0.717, 1.165) is 17.0 Å². The van der Waals surface area contributed by atoms with Gasteiger partial charge in [-0.25, -0.2) is 9.79 Å². The molecular formula is C29H30N4O8S. The second-order valence-corrected chi connectivity index (χ2v) is 10.5. The SMILES string of the molecule is CCOC(=O)C1=C(C)N=c2s/c(=C\c3cc([N+](=O)[O-])ccc3N3CCOCC3)c(=O)n2C1c1cc(OC)ccc1OC. The fourth-order valence-corrected chi connectivity index (χ4v) is 6.18. The Morgan fingerprint density at radius 2 is 1.95 bits per heavy atom. The number of nitrogens with zero attached hydrogens (tertiary/aromatic N) is 4. The van der Waals surface area contributed by atoms with Gasteiger partial charge in [0.15, 0.2) is 4.80 Å². The Labute approximate surface area is 244 Å². The van der Waals surface area contributed by atoms with Gasteiger partial charge in [0.1, 0.15) is 17.5 Å². The Morgan fingerprint density at radius 1 is 1.19 bits per heavy atom. The summed E-state index contributed by atoms with van der Waals surface area (Å²) in [5.74, 6) is 0.355. The van der Waals surface area contributed by atoms with E-state index in [-0.39, 0.29) is 17.9 Å². The molecule has 3 heterocycles. The van der Waals surface area contributed by atoms with Crippen molar-refractivity contribution < 1.29 is 28.7 Å². The maximum absolute atomic E-state index is 14.2. The van der Waals surface area contributed by atoms with Crippen molar-refractivity contribution in [2.24, 2.45) is 4.99 Å². The molecule has 1 unspecified atom stereocenters. The van der Waals surface area contributed by atoms with Crippen molar-refractivity contribution in [1.82, 2.24) is 4.57 Å². The van der Waals surface area contributed by atoms with Crippen LogP contribution < -0.4 is 29.3 Å². The van der Waals surface area contributed by atoms with Crippen LogP contribution in [0.2, 0.25) is 0 Å². The highest BCUT2D eigenvalue weighted by Gasteiger charge is 2.35. The number of aromatic nitrogens is 1. The minimum Gasteiger partial charge on any atom is -0.497 e. The molecule has 12 nitrogen and oxygen atoms in total. The van der Waals surface area contributed by atoms with Crippen LogP contribution in [0.4, 0.5) is 11.4 Å². The van der Waals surface area contributed by atoms with Gasteiger partial charge in [-0.05, 0) is 44.2 Å². The molecular weight excluding hydrogens is 564 g/mol. The van der Waals surface area contributed by atoms with Crippen LogP contribution in [0.1, 0.15) is 31.0 Å². The molecule has 0 amide bonds. The van der Waals surface area contributed by atoms with Gasteiger partial charge >= 0.3 is 5.97 Å². The van der Waals surface area contributed by atoms with Crippen molar-refractivity contribution in [1.29, 1.82) is 0 Å². The van der Waals surface area contributed by atoms with Crippen molar-refractivity contribution in [2.75, 3.05) is 52.0 Å². The number of ether oxygens (including phenoxy) is 4. The Bertz CT molecular complexity index is 1750. The van der Waals surface area contributed by atoms with Gasteiger partial charge in [-0.2, -0.15) is 0 Å². The van der Waals surface area contributed by atoms with E-state index in [0.29, 0.717) is 64.0 Å². The molecule has 1 aromatic heterocycles. The number of thiazole rings is 1. The quantitative estimate of drug-likeness (QED) is 0.219. The summed E-state index contributed by atoms with van der Waals surface area (Å²) in [6, 6.07) is 8.84. The minimum absolute atomic E-state index is 0.0922. The highest BCUT2D eigenvalue weighted by Crippen LogP contribution is 2.38. The van der Waals surface area contributed by atoms with Crippen LogP contribution in [0.3, 0.4) is 0 Å². The molecule has 220 valence electrons. The molecule has 1 atom stereocenters. The summed E-state index contributed by atoms with van der Waals surface area (Å²) in [6.45, 7) is 5.80. The number of benzene rings is 2. The normalized spacial score (nSPS) is 17.0. The van der Waals surface area contributed by atoms with Crippen LogP contribution in [0.15, 0.2) is 57.5 Å². The first-order valence-electron chi connectivity index (χ1n) is 13.3. The molecule has 13 heteroatoms. The third-order valence-corrected chi connectivity index (χ3v) is 8.09. The van der Waals surface area contributed by atoms with Crippen LogP contribution in [-0.4, -0.2) is 62.6 Å². The van der Waals surface area contributed by atoms with Crippen molar-refractivity contribution in [3.63, 3.8) is 0 Å². The third kappa shape index (κ3) is 5.40. The molecule has 0 bridgehead atoms. The zero-order valence-electron chi connectivity index (χ0n) is 23.6. The zero-order chi connectivity index (χ0) is 30.0. The topological polar surface area (TPSA) is 135 Å². The van der Waals surface area contributed by atoms with Gasteiger partial charge in [0.25, 0.3) is 11.2 Å². The zero-order valence-corrected chi connectivity index (χ0v) is 24.4. The average Bonchev–Trinajstić information content (AvgIpc) is 3.30. The van der Waals surface area contributed by atoms with Crippen molar-refractivity contribution >= 4 is 34.8 Å². The van der Waals surface area contributed by atoms with Crippen molar-refractivity contribution in [3.05, 3.63) is 88.6 Å². The first-order valence-corrected chi connectivity index (χ1v) is 14.1. The first kappa shape index (κ1) is 29.0. The number of allylic oxidation sites excluding steroid dienone is 1. The number of hydrogen-bond acceptors (Lipinski definition) is 11. The number of carbonyl (C=O) groups excluding carboxylic acids is 1. The average molecular weight is 595 g/mol. The molecule has 3 aromatic rings. The van der Waals surface area contributed by atoms with Gasteiger partial charge in [0.2, 0.25) is 0 Å². The van der Waals surface area contributed by atoms with Crippen LogP contribution in [0.25, 0.3) is 6.08 Å². The van der Waals surface area contributed by atoms with E-state index in [9.17, 15) is 19.7 Å². The number of anilines is 1. The van der Waals surface area contributed by atoms with Crippen molar-refractivity contribution in [3.8, 4) is 11.5 Å². The van der Waals surface area contributed by atoms with E-state index < -0.39 is 22.5 Å². The van der Waals surface area contributed by atoms with Crippen LogP contribution in [0.5, 0.6) is 11.5 Å². The van der Waals surface area contributed by atoms with E-state index in [4.69, 9.17) is 18.9 Å². The van der Waals surface area contributed by atoms with E-state index in [2.05, 4.69) is 9.89 Å². The minimum atomic E-state index is -0.920. The lowest BCUT2D eigenvalue weighted by atomic mass is 9.94. The van der Waals surface area contributed by atoms with Crippen LogP contribution in [0, 0.1) is 10.1 Å². The van der Waals surface area contributed by atoms with Gasteiger partial charge in [-0.15, -0.1) is 0 Å². The molecule has 0 N–H and O–H groups in total. The molecule has 42 heavy (non-hydrogen) atoms. The molecule has 1 fully saturated rings. The number of morpholine rings is 1. The van der Waals surface area contributed by atoms with Crippen LogP contribution >= 0.6 is 11.3 Å². The number of methoxy groups -OCH3 is 2. The summed E-state index contributed by atoms with van der Waals surface area (Å²) in [5, 5.41) is 11.6. The number of non-ortho nitro benzene ring substituents is 1. The highest BCUT2D eigenvalue weighted by molar-refractivity contribution is 7.07. The fraction of sp³-hybridized carbons (Fsp3) is 0.345. The van der Waals surface area contributed by atoms with E-state index in [1.165, 1.54) is 30.9 Å². The fourth-order valence-electron chi connectivity index (χ4n) is 5.14. The van der Waals surface area contributed by atoms with Gasteiger partial charge in [0.05, 0.1) is 54.8 Å².